The van der Waals surface area contributed by atoms with Gasteiger partial charge >= 0.3 is 0 Å². The predicted octanol–water partition coefficient (Wildman–Crippen LogP) is 4.18. The van der Waals surface area contributed by atoms with Gasteiger partial charge in [-0.3, -0.25) is 4.98 Å². The molecule has 100 valence electrons. The van der Waals surface area contributed by atoms with Crippen LogP contribution < -0.4 is 4.74 Å². The predicted molar refractivity (Wildman–Crippen MR) is 81.6 cm³/mol. The van der Waals surface area contributed by atoms with Crippen LogP contribution >= 0.6 is 11.8 Å². The minimum atomic E-state index is 0.330. The van der Waals surface area contributed by atoms with Gasteiger partial charge in [0.15, 0.2) is 0 Å². The second kappa shape index (κ2) is 7.31. The molecule has 2 aromatic rings. The Morgan fingerprint density at radius 3 is 2.45 bits per heavy atom. The van der Waals surface area contributed by atoms with Crippen molar-refractivity contribution in [2.45, 2.75) is 6.42 Å². The SMILES string of the molecule is CSC(CC#N)=Nc1ccc(Oc2ccncc2)cc1. The van der Waals surface area contributed by atoms with Crippen molar-refractivity contribution in [2.75, 3.05) is 6.26 Å². The van der Waals surface area contributed by atoms with Crippen LogP contribution in [-0.4, -0.2) is 16.3 Å². The van der Waals surface area contributed by atoms with E-state index in [9.17, 15) is 0 Å². The molecule has 0 aliphatic rings. The van der Waals surface area contributed by atoms with Crippen molar-refractivity contribution in [1.82, 2.24) is 4.98 Å². The Labute approximate surface area is 122 Å². The van der Waals surface area contributed by atoms with E-state index in [2.05, 4.69) is 16.0 Å². The van der Waals surface area contributed by atoms with Gasteiger partial charge in [0.05, 0.1) is 23.2 Å². The van der Waals surface area contributed by atoms with Gasteiger partial charge in [-0.1, -0.05) is 0 Å². The second-order valence-electron chi connectivity index (χ2n) is 3.82. The monoisotopic (exact) mass is 283 g/mol. The molecule has 0 aliphatic heterocycles. The maximum atomic E-state index is 8.68. The Balaban J connectivity index is 2.09. The van der Waals surface area contributed by atoms with Crippen LogP contribution in [0.2, 0.25) is 0 Å². The number of hydrogen-bond acceptors (Lipinski definition) is 5. The average Bonchev–Trinajstić information content (AvgIpc) is 2.50. The van der Waals surface area contributed by atoms with Gasteiger partial charge in [-0.15, -0.1) is 11.8 Å². The van der Waals surface area contributed by atoms with E-state index in [0.29, 0.717) is 6.42 Å². The molecule has 0 spiro atoms. The van der Waals surface area contributed by atoms with Crippen molar-refractivity contribution in [1.29, 1.82) is 5.26 Å². The van der Waals surface area contributed by atoms with Gasteiger partial charge in [-0.2, -0.15) is 5.26 Å². The fraction of sp³-hybridized carbons (Fsp3) is 0.133. The number of hydrogen-bond donors (Lipinski definition) is 0. The van der Waals surface area contributed by atoms with Gasteiger partial charge in [0.2, 0.25) is 0 Å². The molecule has 0 N–H and O–H groups in total. The van der Waals surface area contributed by atoms with E-state index in [0.717, 1.165) is 22.2 Å². The van der Waals surface area contributed by atoms with Crippen molar-refractivity contribution in [3.05, 3.63) is 48.8 Å². The Bertz CT molecular complexity index is 618. The van der Waals surface area contributed by atoms with Gasteiger partial charge in [0.25, 0.3) is 0 Å². The lowest BCUT2D eigenvalue weighted by molar-refractivity contribution is 0.482. The smallest absolute Gasteiger partial charge is 0.130 e. The van der Waals surface area contributed by atoms with Gasteiger partial charge in [0, 0.05) is 12.4 Å². The van der Waals surface area contributed by atoms with Crippen LogP contribution in [0, 0.1) is 11.3 Å². The van der Waals surface area contributed by atoms with E-state index < -0.39 is 0 Å². The number of rotatable bonds is 4. The highest BCUT2D eigenvalue weighted by molar-refractivity contribution is 8.13. The Hall–Kier alpha value is -2.32. The van der Waals surface area contributed by atoms with E-state index in [1.165, 1.54) is 11.8 Å². The molecule has 0 amide bonds. The Morgan fingerprint density at radius 1 is 1.20 bits per heavy atom. The number of pyridine rings is 1. The maximum absolute atomic E-state index is 8.68. The van der Waals surface area contributed by atoms with Crippen LogP contribution in [-0.2, 0) is 0 Å². The molecule has 1 aromatic carbocycles. The molecule has 0 atom stereocenters. The first-order chi connectivity index (χ1) is 9.81. The first kappa shape index (κ1) is 14.1. The third-order valence-electron chi connectivity index (χ3n) is 2.44. The molecule has 1 heterocycles. The molecule has 1 aromatic heterocycles. The second-order valence-corrected chi connectivity index (χ2v) is 4.70. The number of ether oxygens (including phenoxy) is 1. The molecular weight excluding hydrogens is 270 g/mol. The summed E-state index contributed by atoms with van der Waals surface area (Å²) in [5.41, 5.74) is 0.812. The fourth-order valence-corrected chi connectivity index (χ4v) is 1.91. The van der Waals surface area contributed by atoms with E-state index in [-0.39, 0.29) is 0 Å². The minimum absolute atomic E-state index is 0.330. The number of benzene rings is 1. The molecule has 0 fully saturated rings. The summed E-state index contributed by atoms with van der Waals surface area (Å²) in [6.07, 6.45) is 5.61. The molecule has 4 nitrogen and oxygen atoms in total. The summed E-state index contributed by atoms with van der Waals surface area (Å²) >= 11 is 1.49. The number of nitrogens with zero attached hydrogens (tertiary/aromatic N) is 3. The zero-order valence-electron chi connectivity index (χ0n) is 11.0. The van der Waals surface area contributed by atoms with Gasteiger partial charge in [0.1, 0.15) is 11.5 Å². The van der Waals surface area contributed by atoms with Crippen molar-refractivity contribution in [3.8, 4) is 17.6 Å². The highest BCUT2D eigenvalue weighted by atomic mass is 32.2. The summed E-state index contributed by atoms with van der Waals surface area (Å²) in [6, 6.07) is 13.1. The lowest BCUT2D eigenvalue weighted by Crippen LogP contribution is -1.88. The summed E-state index contributed by atoms with van der Waals surface area (Å²) in [5, 5.41) is 9.49. The van der Waals surface area contributed by atoms with Gasteiger partial charge in [-0.25, -0.2) is 4.99 Å². The van der Waals surface area contributed by atoms with Crippen molar-refractivity contribution < 1.29 is 4.74 Å². The zero-order chi connectivity index (χ0) is 14.2. The lowest BCUT2D eigenvalue weighted by atomic mass is 10.3. The molecule has 20 heavy (non-hydrogen) atoms. The fourth-order valence-electron chi connectivity index (χ4n) is 1.50. The van der Waals surface area contributed by atoms with Crippen molar-refractivity contribution >= 4 is 22.5 Å². The number of aliphatic imine (C=N–C) groups is 1. The highest BCUT2D eigenvalue weighted by Gasteiger charge is 1.99. The standard InChI is InChI=1S/C15H13N3OS/c1-20-15(6-9-16)18-12-2-4-13(5-3-12)19-14-7-10-17-11-8-14/h2-5,7-8,10-11H,6H2,1H3. The topological polar surface area (TPSA) is 58.3 Å². The minimum Gasteiger partial charge on any atom is -0.457 e. The van der Waals surface area contributed by atoms with Gasteiger partial charge in [-0.05, 0) is 42.7 Å². The summed E-state index contributed by atoms with van der Waals surface area (Å²) in [7, 11) is 0. The molecule has 0 aliphatic carbocycles. The number of aromatic nitrogens is 1. The average molecular weight is 283 g/mol. The van der Waals surface area contributed by atoms with E-state index in [1.54, 1.807) is 24.5 Å². The highest BCUT2D eigenvalue weighted by Crippen LogP contribution is 2.24. The van der Waals surface area contributed by atoms with E-state index >= 15 is 0 Å². The molecule has 0 bridgehead atoms. The third-order valence-corrected chi connectivity index (χ3v) is 3.15. The van der Waals surface area contributed by atoms with Crippen LogP contribution in [0.25, 0.3) is 0 Å². The van der Waals surface area contributed by atoms with Crippen LogP contribution in [0.4, 0.5) is 5.69 Å². The summed E-state index contributed by atoms with van der Waals surface area (Å²) in [5.74, 6) is 1.48. The Morgan fingerprint density at radius 2 is 1.85 bits per heavy atom. The lowest BCUT2D eigenvalue weighted by Gasteiger charge is -2.05. The van der Waals surface area contributed by atoms with E-state index in [4.69, 9.17) is 10.00 Å². The molecule has 2 rings (SSSR count). The molecule has 0 saturated carbocycles. The van der Waals surface area contributed by atoms with Crippen LogP contribution in [0.5, 0.6) is 11.5 Å². The first-order valence-corrected chi connectivity index (χ1v) is 7.21. The Kier molecular flexibility index (Phi) is 5.15. The van der Waals surface area contributed by atoms with Crippen molar-refractivity contribution in [2.24, 2.45) is 4.99 Å². The molecular formula is C15H13N3OS. The van der Waals surface area contributed by atoms with E-state index in [1.807, 2.05) is 30.5 Å². The molecule has 5 heteroatoms. The number of thioether (sulfide) groups is 1. The summed E-state index contributed by atoms with van der Waals surface area (Å²) in [6.45, 7) is 0. The molecule has 0 radical (unpaired) electrons. The summed E-state index contributed by atoms with van der Waals surface area (Å²) < 4.78 is 5.67. The van der Waals surface area contributed by atoms with Crippen LogP contribution in [0.1, 0.15) is 6.42 Å². The van der Waals surface area contributed by atoms with Crippen molar-refractivity contribution in [3.63, 3.8) is 0 Å². The number of nitriles is 1. The van der Waals surface area contributed by atoms with Crippen LogP contribution in [0.15, 0.2) is 53.8 Å². The zero-order valence-corrected chi connectivity index (χ0v) is 11.8. The quantitative estimate of drug-likeness (QED) is 0.624. The molecule has 0 saturated heterocycles. The summed E-state index contributed by atoms with van der Waals surface area (Å²) in [4.78, 5) is 8.34. The maximum Gasteiger partial charge on any atom is 0.130 e. The largest absolute Gasteiger partial charge is 0.457 e. The van der Waals surface area contributed by atoms with Gasteiger partial charge < -0.3 is 4.74 Å². The van der Waals surface area contributed by atoms with Crippen LogP contribution in [0.3, 0.4) is 0 Å². The first-order valence-electron chi connectivity index (χ1n) is 5.98. The third kappa shape index (κ3) is 4.11. The molecule has 0 unspecified atom stereocenters. The normalized spacial score (nSPS) is 10.9.